The van der Waals surface area contributed by atoms with Gasteiger partial charge in [0.15, 0.2) is 6.04 Å². The van der Waals surface area contributed by atoms with E-state index in [0.29, 0.717) is 4.88 Å². The molecule has 3 N–H and O–H groups in total. The van der Waals surface area contributed by atoms with E-state index in [1.807, 2.05) is 0 Å². The highest BCUT2D eigenvalue weighted by Gasteiger charge is 2.26. The smallest absolute Gasteiger partial charge is 0.328 e. The van der Waals surface area contributed by atoms with Crippen molar-refractivity contribution >= 4 is 29.1 Å². The van der Waals surface area contributed by atoms with E-state index in [4.69, 9.17) is 5.11 Å². The van der Waals surface area contributed by atoms with Gasteiger partial charge in [-0.3, -0.25) is 9.59 Å². The molecule has 110 valence electrons. The number of aliphatic hydroxyl groups excluding tert-OH is 1. The first-order chi connectivity index (χ1) is 9.32. The molecule has 1 aromatic rings. The third kappa shape index (κ3) is 4.32. The predicted molar refractivity (Wildman–Crippen MR) is 72.5 cm³/mol. The Balaban J connectivity index is 2.57. The van der Waals surface area contributed by atoms with Crippen molar-refractivity contribution in [3.63, 3.8) is 0 Å². The Kier molecular flexibility index (Phi) is 5.66. The first-order valence-corrected chi connectivity index (χ1v) is 6.70. The van der Waals surface area contributed by atoms with E-state index in [2.05, 4.69) is 5.32 Å². The quantitative estimate of drug-likeness (QED) is 0.673. The summed E-state index contributed by atoms with van der Waals surface area (Å²) in [5.74, 6) is -2.30. The topological polar surface area (TPSA) is 107 Å². The van der Waals surface area contributed by atoms with Crippen LogP contribution in [-0.2, 0) is 9.59 Å². The lowest BCUT2D eigenvalue weighted by atomic mass is 10.2. The Morgan fingerprint density at radius 3 is 2.55 bits per heavy atom. The van der Waals surface area contributed by atoms with Crippen LogP contribution in [0.25, 0.3) is 0 Å². The van der Waals surface area contributed by atoms with Gasteiger partial charge in [-0.2, -0.15) is 0 Å². The molecular weight excluding hydrogens is 284 g/mol. The van der Waals surface area contributed by atoms with Crippen LogP contribution in [-0.4, -0.2) is 58.6 Å². The van der Waals surface area contributed by atoms with Crippen molar-refractivity contribution in [2.45, 2.75) is 19.1 Å². The van der Waals surface area contributed by atoms with Gasteiger partial charge in [0, 0.05) is 7.05 Å². The Bertz CT molecular complexity index is 486. The van der Waals surface area contributed by atoms with Gasteiger partial charge in [0.25, 0.3) is 5.91 Å². The highest BCUT2D eigenvalue weighted by molar-refractivity contribution is 7.12. The summed E-state index contributed by atoms with van der Waals surface area (Å²) in [6.07, 6.45) is -1.23. The number of amides is 2. The van der Waals surface area contributed by atoms with Crippen LogP contribution < -0.4 is 5.32 Å². The Morgan fingerprint density at radius 2 is 2.10 bits per heavy atom. The number of carbonyl (C=O) groups excluding carboxylic acids is 2. The summed E-state index contributed by atoms with van der Waals surface area (Å²) in [5.41, 5.74) is 0. The van der Waals surface area contributed by atoms with Crippen molar-refractivity contribution in [2.24, 2.45) is 0 Å². The van der Waals surface area contributed by atoms with Gasteiger partial charge in [0.1, 0.15) is 0 Å². The molecular formula is C12H16N2O5S. The average molecular weight is 300 g/mol. The SMILES string of the molecule is CC(O)C(NC(=O)CN(C)C(=O)c1cccs1)C(=O)O. The number of carbonyl (C=O) groups is 3. The average Bonchev–Trinajstić information content (AvgIpc) is 2.87. The van der Waals surface area contributed by atoms with Crippen molar-refractivity contribution in [1.82, 2.24) is 10.2 Å². The van der Waals surface area contributed by atoms with Gasteiger partial charge < -0.3 is 20.4 Å². The molecule has 0 aromatic carbocycles. The number of rotatable bonds is 6. The molecule has 0 radical (unpaired) electrons. The van der Waals surface area contributed by atoms with Crippen molar-refractivity contribution in [1.29, 1.82) is 0 Å². The van der Waals surface area contributed by atoms with E-state index in [1.54, 1.807) is 17.5 Å². The minimum Gasteiger partial charge on any atom is -0.480 e. The number of hydrogen-bond acceptors (Lipinski definition) is 5. The summed E-state index contributed by atoms with van der Waals surface area (Å²) < 4.78 is 0. The molecule has 1 aromatic heterocycles. The first kappa shape index (κ1) is 16.1. The predicted octanol–water partition coefficient (Wildman–Crippen LogP) is -0.230. The number of nitrogens with zero attached hydrogens (tertiary/aromatic N) is 1. The normalized spacial score (nSPS) is 13.3. The van der Waals surface area contributed by atoms with Crippen LogP contribution in [0, 0.1) is 0 Å². The zero-order valence-electron chi connectivity index (χ0n) is 11.1. The monoisotopic (exact) mass is 300 g/mol. The molecule has 0 aliphatic heterocycles. The number of aliphatic hydroxyl groups is 1. The van der Waals surface area contributed by atoms with E-state index in [0.717, 1.165) is 0 Å². The summed E-state index contributed by atoms with van der Waals surface area (Å²) >= 11 is 1.25. The van der Waals surface area contributed by atoms with E-state index in [1.165, 1.54) is 30.2 Å². The van der Waals surface area contributed by atoms with Crippen molar-refractivity contribution < 1.29 is 24.6 Å². The maximum atomic E-state index is 11.9. The molecule has 0 saturated carbocycles. The van der Waals surface area contributed by atoms with Gasteiger partial charge in [-0.05, 0) is 18.4 Å². The largest absolute Gasteiger partial charge is 0.480 e. The fourth-order valence-corrected chi connectivity index (χ4v) is 2.20. The van der Waals surface area contributed by atoms with Crippen LogP contribution in [0.5, 0.6) is 0 Å². The maximum Gasteiger partial charge on any atom is 0.328 e. The summed E-state index contributed by atoms with van der Waals surface area (Å²) in [7, 11) is 1.44. The standard InChI is InChI=1S/C12H16N2O5S/c1-7(15)10(12(18)19)13-9(16)6-14(2)11(17)8-4-3-5-20-8/h3-5,7,10,15H,6H2,1-2H3,(H,13,16)(H,18,19). The van der Waals surface area contributed by atoms with Crippen LogP contribution in [0.15, 0.2) is 17.5 Å². The van der Waals surface area contributed by atoms with Gasteiger partial charge in [-0.25, -0.2) is 4.79 Å². The van der Waals surface area contributed by atoms with Gasteiger partial charge in [-0.15, -0.1) is 11.3 Å². The molecule has 8 heteroatoms. The lowest BCUT2D eigenvalue weighted by molar-refractivity contribution is -0.144. The van der Waals surface area contributed by atoms with Crippen LogP contribution in [0.1, 0.15) is 16.6 Å². The lowest BCUT2D eigenvalue weighted by Gasteiger charge is -2.20. The van der Waals surface area contributed by atoms with E-state index < -0.39 is 24.0 Å². The minimum atomic E-state index is -1.40. The zero-order chi connectivity index (χ0) is 15.3. The van der Waals surface area contributed by atoms with E-state index in [-0.39, 0.29) is 12.5 Å². The first-order valence-electron chi connectivity index (χ1n) is 5.82. The number of hydrogen-bond donors (Lipinski definition) is 3. The number of likely N-dealkylation sites (N-methyl/N-ethyl adjacent to an activating group) is 1. The van der Waals surface area contributed by atoms with Crippen LogP contribution >= 0.6 is 11.3 Å². The highest BCUT2D eigenvalue weighted by Crippen LogP contribution is 2.10. The van der Waals surface area contributed by atoms with Crippen LogP contribution in [0.4, 0.5) is 0 Å². The Labute approximate surface area is 119 Å². The molecule has 2 amide bonds. The molecule has 0 saturated heterocycles. The molecule has 20 heavy (non-hydrogen) atoms. The highest BCUT2D eigenvalue weighted by atomic mass is 32.1. The van der Waals surface area contributed by atoms with Crippen molar-refractivity contribution in [3.05, 3.63) is 22.4 Å². The van der Waals surface area contributed by atoms with Crippen molar-refractivity contribution in [3.8, 4) is 0 Å². The molecule has 0 spiro atoms. The summed E-state index contributed by atoms with van der Waals surface area (Å²) in [6.45, 7) is 0.979. The molecule has 0 aliphatic carbocycles. The minimum absolute atomic E-state index is 0.284. The molecule has 1 heterocycles. The van der Waals surface area contributed by atoms with Crippen LogP contribution in [0.3, 0.4) is 0 Å². The lowest BCUT2D eigenvalue weighted by Crippen LogP contribution is -2.50. The van der Waals surface area contributed by atoms with Gasteiger partial charge in [0.2, 0.25) is 5.91 Å². The fourth-order valence-electron chi connectivity index (χ4n) is 1.48. The van der Waals surface area contributed by atoms with Crippen LogP contribution in [0.2, 0.25) is 0 Å². The second-order valence-corrected chi connectivity index (χ2v) is 5.21. The molecule has 2 unspecified atom stereocenters. The van der Waals surface area contributed by atoms with Gasteiger partial charge in [-0.1, -0.05) is 6.07 Å². The molecule has 2 atom stereocenters. The maximum absolute atomic E-state index is 11.9. The summed E-state index contributed by atoms with van der Waals surface area (Å²) in [4.78, 5) is 36.1. The molecule has 0 bridgehead atoms. The second kappa shape index (κ2) is 7.01. The van der Waals surface area contributed by atoms with Crippen molar-refractivity contribution in [2.75, 3.05) is 13.6 Å². The number of nitrogens with one attached hydrogen (secondary N) is 1. The fraction of sp³-hybridized carbons (Fsp3) is 0.417. The Morgan fingerprint density at radius 1 is 1.45 bits per heavy atom. The molecule has 0 aliphatic rings. The van der Waals surface area contributed by atoms with Gasteiger partial charge >= 0.3 is 5.97 Å². The molecule has 1 rings (SSSR count). The third-order valence-corrected chi connectivity index (χ3v) is 3.38. The zero-order valence-corrected chi connectivity index (χ0v) is 11.9. The Hall–Kier alpha value is -1.93. The van der Waals surface area contributed by atoms with E-state index >= 15 is 0 Å². The molecule has 0 fully saturated rings. The third-order valence-electron chi connectivity index (χ3n) is 2.52. The second-order valence-electron chi connectivity index (χ2n) is 4.26. The summed E-state index contributed by atoms with van der Waals surface area (Å²) in [6, 6.07) is 1.96. The number of thiophene rings is 1. The molecule has 7 nitrogen and oxygen atoms in total. The number of carboxylic acid groups (broad SMARTS) is 1. The number of carboxylic acids is 1. The number of aliphatic carboxylic acids is 1. The van der Waals surface area contributed by atoms with Gasteiger partial charge in [0.05, 0.1) is 17.5 Å². The summed E-state index contributed by atoms with van der Waals surface area (Å²) in [5, 5.41) is 22.0. The van der Waals surface area contributed by atoms with E-state index in [9.17, 15) is 19.5 Å².